The fourth-order valence-corrected chi connectivity index (χ4v) is 2.61. The third-order valence-electron chi connectivity index (χ3n) is 3.90. The average Bonchev–Trinajstić information content (AvgIpc) is 2.59. The molecule has 0 aromatic heterocycles. The van der Waals surface area contributed by atoms with Crippen molar-refractivity contribution < 1.29 is 29.0 Å². The Hall–Kier alpha value is -2.90. The molecule has 0 aliphatic carbocycles. The zero-order valence-corrected chi connectivity index (χ0v) is 15.7. The number of hydrogen-bond acceptors (Lipinski definition) is 5. The summed E-state index contributed by atoms with van der Waals surface area (Å²) in [5.74, 6) is -3.51. The Bertz CT molecular complexity index is 661. The SMILES string of the molecule is CCOC(=O)C[C@H](C)[C@@H](NC(=O)[C@H](Cc1ccccc1)NC(C)=O)C(=O)O. The van der Waals surface area contributed by atoms with Gasteiger partial charge in [0.1, 0.15) is 12.1 Å². The van der Waals surface area contributed by atoms with E-state index >= 15 is 0 Å². The van der Waals surface area contributed by atoms with Crippen LogP contribution in [0.5, 0.6) is 0 Å². The molecule has 1 rings (SSSR count). The molecule has 0 fully saturated rings. The average molecular weight is 378 g/mol. The molecule has 0 saturated heterocycles. The molecule has 8 heteroatoms. The van der Waals surface area contributed by atoms with Gasteiger partial charge in [-0.25, -0.2) is 4.79 Å². The second-order valence-electron chi connectivity index (χ2n) is 6.25. The summed E-state index contributed by atoms with van der Waals surface area (Å²) in [5, 5.41) is 14.4. The van der Waals surface area contributed by atoms with Crippen LogP contribution in [-0.4, -0.2) is 47.6 Å². The molecular formula is C19H26N2O6. The number of rotatable bonds is 10. The summed E-state index contributed by atoms with van der Waals surface area (Å²) in [7, 11) is 0. The molecule has 2 amide bonds. The summed E-state index contributed by atoms with van der Waals surface area (Å²) in [5.41, 5.74) is 0.817. The molecule has 0 bridgehead atoms. The summed E-state index contributed by atoms with van der Waals surface area (Å²) < 4.78 is 4.82. The van der Waals surface area contributed by atoms with Crippen molar-refractivity contribution in [2.75, 3.05) is 6.61 Å². The van der Waals surface area contributed by atoms with Crippen molar-refractivity contribution in [2.24, 2.45) is 5.92 Å². The summed E-state index contributed by atoms with van der Waals surface area (Å²) in [4.78, 5) is 47.2. The lowest BCUT2D eigenvalue weighted by Crippen LogP contribution is -2.54. The van der Waals surface area contributed by atoms with Gasteiger partial charge in [0.2, 0.25) is 11.8 Å². The van der Waals surface area contributed by atoms with Crippen molar-refractivity contribution >= 4 is 23.8 Å². The number of esters is 1. The molecule has 0 radical (unpaired) electrons. The third kappa shape index (κ3) is 7.89. The highest BCUT2D eigenvalue weighted by atomic mass is 16.5. The minimum atomic E-state index is -1.28. The van der Waals surface area contributed by atoms with E-state index in [9.17, 15) is 24.3 Å². The van der Waals surface area contributed by atoms with Gasteiger partial charge in [-0.15, -0.1) is 0 Å². The number of carbonyl (C=O) groups excluding carboxylic acids is 3. The fourth-order valence-electron chi connectivity index (χ4n) is 2.61. The Labute approximate surface area is 158 Å². The van der Waals surface area contributed by atoms with E-state index < -0.39 is 41.8 Å². The van der Waals surface area contributed by atoms with Crippen LogP contribution in [0, 0.1) is 5.92 Å². The van der Waals surface area contributed by atoms with Gasteiger partial charge in [-0.3, -0.25) is 14.4 Å². The molecule has 3 atom stereocenters. The van der Waals surface area contributed by atoms with Gasteiger partial charge >= 0.3 is 11.9 Å². The summed E-state index contributed by atoms with van der Waals surface area (Å²) >= 11 is 0. The zero-order valence-electron chi connectivity index (χ0n) is 15.7. The van der Waals surface area contributed by atoms with E-state index in [1.165, 1.54) is 6.92 Å². The number of carbonyl (C=O) groups is 4. The smallest absolute Gasteiger partial charge is 0.326 e. The molecular weight excluding hydrogens is 352 g/mol. The summed E-state index contributed by atoms with van der Waals surface area (Å²) in [6, 6.07) is 6.84. The van der Waals surface area contributed by atoms with Crippen LogP contribution in [0.1, 0.15) is 32.8 Å². The number of hydrogen-bond donors (Lipinski definition) is 3. The zero-order chi connectivity index (χ0) is 20.4. The standard InChI is InChI=1S/C19H26N2O6/c1-4-27-16(23)10-12(2)17(19(25)26)21-18(24)15(20-13(3)22)11-14-8-6-5-7-9-14/h5-9,12,15,17H,4,10-11H2,1-3H3,(H,20,22)(H,21,24)(H,25,26)/t12-,15-,17+/m0/s1. The lowest BCUT2D eigenvalue weighted by atomic mass is 9.97. The van der Waals surface area contributed by atoms with Crippen LogP contribution in [0.25, 0.3) is 0 Å². The topological polar surface area (TPSA) is 122 Å². The highest BCUT2D eigenvalue weighted by Crippen LogP contribution is 2.11. The molecule has 0 aliphatic rings. The van der Waals surface area contributed by atoms with Crippen molar-refractivity contribution in [3.8, 4) is 0 Å². The van der Waals surface area contributed by atoms with E-state index in [2.05, 4.69) is 10.6 Å². The predicted molar refractivity (Wildman–Crippen MR) is 97.7 cm³/mol. The Morgan fingerprint density at radius 1 is 1.11 bits per heavy atom. The van der Waals surface area contributed by atoms with Gasteiger partial charge in [0.25, 0.3) is 0 Å². The van der Waals surface area contributed by atoms with Gasteiger partial charge in [-0.2, -0.15) is 0 Å². The van der Waals surface area contributed by atoms with E-state index in [0.717, 1.165) is 5.56 Å². The maximum absolute atomic E-state index is 12.6. The third-order valence-corrected chi connectivity index (χ3v) is 3.90. The first-order chi connectivity index (χ1) is 12.7. The molecule has 148 valence electrons. The maximum Gasteiger partial charge on any atom is 0.326 e. The second-order valence-corrected chi connectivity index (χ2v) is 6.25. The van der Waals surface area contributed by atoms with Crippen LogP contribution in [0.15, 0.2) is 30.3 Å². The van der Waals surface area contributed by atoms with Gasteiger partial charge in [0.15, 0.2) is 0 Å². The molecule has 0 heterocycles. The van der Waals surface area contributed by atoms with E-state index in [1.54, 1.807) is 38.1 Å². The monoisotopic (exact) mass is 378 g/mol. The normalized spacial score (nSPS) is 13.7. The van der Waals surface area contributed by atoms with Crippen molar-refractivity contribution in [2.45, 2.75) is 45.7 Å². The lowest BCUT2D eigenvalue weighted by Gasteiger charge is -2.24. The molecule has 0 spiro atoms. The molecule has 0 unspecified atom stereocenters. The number of nitrogens with one attached hydrogen (secondary N) is 2. The molecule has 27 heavy (non-hydrogen) atoms. The Balaban J connectivity index is 2.86. The molecule has 8 nitrogen and oxygen atoms in total. The van der Waals surface area contributed by atoms with Crippen LogP contribution >= 0.6 is 0 Å². The van der Waals surface area contributed by atoms with E-state index in [-0.39, 0.29) is 19.4 Å². The fraction of sp³-hybridized carbons (Fsp3) is 0.474. The quantitative estimate of drug-likeness (QED) is 0.520. The van der Waals surface area contributed by atoms with E-state index in [1.807, 2.05) is 6.07 Å². The lowest BCUT2D eigenvalue weighted by molar-refractivity contribution is -0.147. The van der Waals surface area contributed by atoms with E-state index in [4.69, 9.17) is 4.74 Å². The first-order valence-electron chi connectivity index (χ1n) is 8.74. The molecule has 1 aromatic rings. The van der Waals surface area contributed by atoms with Crippen LogP contribution in [-0.2, 0) is 30.3 Å². The number of amides is 2. The minimum Gasteiger partial charge on any atom is -0.480 e. The first kappa shape index (κ1) is 22.1. The molecule has 0 aliphatic heterocycles. The first-order valence-corrected chi connectivity index (χ1v) is 8.74. The van der Waals surface area contributed by atoms with Gasteiger partial charge in [0, 0.05) is 13.3 Å². The van der Waals surface area contributed by atoms with Gasteiger partial charge in [-0.05, 0) is 18.4 Å². The van der Waals surface area contributed by atoms with Crippen molar-refractivity contribution in [1.29, 1.82) is 0 Å². The van der Waals surface area contributed by atoms with E-state index in [0.29, 0.717) is 0 Å². The number of carboxylic acid groups (broad SMARTS) is 1. The van der Waals surface area contributed by atoms with Crippen LogP contribution in [0.4, 0.5) is 0 Å². The van der Waals surface area contributed by atoms with Crippen molar-refractivity contribution in [1.82, 2.24) is 10.6 Å². The molecule has 1 aromatic carbocycles. The number of aliphatic carboxylic acids is 1. The summed E-state index contributed by atoms with van der Waals surface area (Å²) in [6.07, 6.45) is 0.0689. The van der Waals surface area contributed by atoms with Crippen molar-refractivity contribution in [3.05, 3.63) is 35.9 Å². The van der Waals surface area contributed by atoms with Gasteiger partial charge in [0.05, 0.1) is 13.0 Å². The predicted octanol–water partition coefficient (Wildman–Crippen LogP) is 0.893. The summed E-state index contributed by atoms with van der Waals surface area (Å²) in [6.45, 7) is 4.67. The Morgan fingerprint density at radius 3 is 2.26 bits per heavy atom. The van der Waals surface area contributed by atoms with Crippen LogP contribution in [0.3, 0.4) is 0 Å². The van der Waals surface area contributed by atoms with Gasteiger partial charge < -0.3 is 20.5 Å². The highest BCUT2D eigenvalue weighted by molar-refractivity contribution is 5.90. The molecule has 3 N–H and O–H groups in total. The Morgan fingerprint density at radius 2 is 1.74 bits per heavy atom. The molecule has 0 saturated carbocycles. The highest BCUT2D eigenvalue weighted by Gasteiger charge is 2.31. The van der Waals surface area contributed by atoms with Crippen LogP contribution < -0.4 is 10.6 Å². The number of ether oxygens (including phenoxy) is 1. The van der Waals surface area contributed by atoms with Crippen LogP contribution in [0.2, 0.25) is 0 Å². The maximum atomic E-state index is 12.6. The Kier molecular flexibility index (Phi) is 8.98. The minimum absolute atomic E-state index is 0.144. The van der Waals surface area contributed by atoms with Crippen molar-refractivity contribution in [3.63, 3.8) is 0 Å². The largest absolute Gasteiger partial charge is 0.480 e. The number of benzene rings is 1. The van der Waals surface area contributed by atoms with Gasteiger partial charge in [-0.1, -0.05) is 37.3 Å². The number of carboxylic acids is 1. The second kappa shape index (κ2) is 10.9.